The Morgan fingerprint density at radius 3 is 2.11 bits per heavy atom. The predicted molar refractivity (Wildman–Crippen MR) is 63.8 cm³/mol. The molecule has 0 aromatic heterocycles. The summed E-state index contributed by atoms with van der Waals surface area (Å²) >= 11 is 0. The quantitative estimate of drug-likeness (QED) is 0.905. The van der Waals surface area contributed by atoms with Gasteiger partial charge in [-0.1, -0.05) is 12.8 Å². The lowest BCUT2D eigenvalue weighted by Gasteiger charge is -2.27. The van der Waals surface area contributed by atoms with Crippen molar-refractivity contribution in [1.29, 1.82) is 0 Å². The van der Waals surface area contributed by atoms with Crippen LogP contribution in [0.25, 0.3) is 0 Å². The van der Waals surface area contributed by atoms with E-state index in [4.69, 9.17) is 15.2 Å². The molecule has 0 atom stereocenters. The van der Waals surface area contributed by atoms with Gasteiger partial charge < -0.3 is 15.2 Å². The van der Waals surface area contributed by atoms with Gasteiger partial charge in [0.2, 0.25) is 0 Å². The summed E-state index contributed by atoms with van der Waals surface area (Å²) in [5.41, 5.74) is 5.66. The van der Waals surface area contributed by atoms with Gasteiger partial charge in [-0.2, -0.15) is 0 Å². The average Bonchev–Trinajstić information content (AvgIpc) is 2.75. The van der Waals surface area contributed by atoms with Crippen molar-refractivity contribution in [2.45, 2.75) is 31.2 Å². The van der Waals surface area contributed by atoms with Crippen molar-refractivity contribution >= 4 is 0 Å². The number of hydrogen-bond acceptors (Lipinski definition) is 3. The van der Waals surface area contributed by atoms with Crippen molar-refractivity contribution in [1.82, 2.24) is 0 Å². The molecule has 2 rings (SSSR count). The molecule has 1 aliphatic carbocycles. The van der Waals surface area contributed by atoms with E-state index in [0.29, 0.717) is 12.8 Å². The largest absolute Gasteiger partial charge is 0.492 e. The van der Waals surface area contributed by atoms with Gasteiger partial charge in [0.1, 0.15) is 5.82 Å². The fraction of sp³-hybridized carbons (Fsp3) is 0.538. The number of hydrogen-bond donors (Lipinski definition) is 1. The second kappa shape index (κ2) is 4.72. The van der Waals surface area contributed by atoms with Gasteiger partial charge in [0.25, 0.3) is 0 Å². The van der Waals surface area contributed by atoms with E-state index in [1.54, 1.807) is 0 Å². The third-order valence-electron chi connectivity index (χ3n) is 3.54. The molecule has 0 radical (unpaired) electrons. The van der Waals surface area contributed by atoms with Crippen LogP contribution >= 0.6 is 0 Å². The maximum Gasteiger partial charge on any atom is 0.197 e. The van der Waals surface area contributed by atoms with Crippen LogP contribution in [0, 0.1) is 11.6 Å². The van der Waals surface area contributed by atoms with Crippen molar-refractivity contribution in [3.63, 3.8) is 0 Å². The summed E-state index contributed by atoms with van der Waals surface area (Å²) < 4.78 is 37.7. The van der Waals surface area contributed by atoms with Crippen molar-refractivity contribution in [3.8, 4) is 11.5 Å². The van der Waals surface area contributed by atoms with Crippen molar-refractivity contribution in [3.05, 3.63) is 23.3 Å². The molecule has 0 bridgehead atoms. The van der Waals surface area contributed by atoms with E-state index in [9.17, 15) is 8.78 Å². The summed E-state index contributed by atoms with van der Waals surface area (Å²) in [5.74, 6) is -1.48. The molecule has 0 heterocycles. The van der Waals surface area contributed by atoms with E-state index in [1.165, 1.54) is 14.2 Å². The fourth-order valence-electron chi connectivity index (χ4n) is 2.68. The maximum atomic E-state index is 14.1. The number of nitrogens with two attached hydrogens (primary N) is 1. The highest BCUT2D eigenvalue weighted by molar-refractivity contribution is 5.51. The third-order valence-corrected chi connectivity index (χ3v) is 3.54. The third kappa shape index (κ3) is 1.92. The van der Waals surface area contributed by atoms with Gasteiger partial charge in [-0.3, -0.25) is 0 Å². The summed E-state index contributed by atoms with van der Waals surface area (Å²) in [6, 6.07) is 0.809. The molecular formula is C13H17F2NO2. The molecule has 3 nitrogen and oxygen atoms in total. The Morgan fingerprint density at radius 1 is 1.06 bits per heavy atom. The fourth-order valence-corrected chi connectivity index (χ4v) is 2.68. The molecule has 100 valence electrons. The highest BCUT2D eigenvalue weighted by Gasteiger charge is 2.38. The molecule has 1 aromatic carbocycles. The topological polar surface area (TPSA) is 44.5 Å². The summed E-state index contributed by atoms with van der Waals surface area (Å²) in [7, 11) is 2.68. The molecule has 5 heteroatoms. The van der Waals surface area contributed by atoms with Gasteiger partial charge in [0.05, 0.1) is 19.8 Å². The number of ether oxygens (including phenoxy) is 2. The Morgan fingerprint density at radius 2 is 1.61 bits per heavy atom. The molecule has 0 unspecified atom stereocenters. The van der Waals surface area contributed by atoms with Crippen molar-refractivity contribution in [2.24, 2.45) is 5.73 Å². The zero-order chi connectivity index (χ0) is 13.3. The van der Waals surface area contributed by atoms with Crippen molar-refractivity contribution in [2.75, 3.05) is 14.2 Å². The van der Waals surface area contributed by atoms with E-state index >= 15 is 0 Å². The van der Waals surface area contributed by atoms with Crippen LogP contribution in [0.2, 0.25) is 0 Å². The average molecular weight is 257 g/mol. The monoisotopic (exact) mass is 257 g/mol. The Balaban J connectivity index is 2.65. The molecule has 2 N–H and O–H groups in total. The Hall–Kier alpha value is -1.36. The number of benzene rings is 1. The second-order valence-corrected chi connectivity index (χ2v) is 4.64. The molecule has 1 aromatic rings. The first-order valence-electron chi connectivity index (χ1n) is 5.93. The molecular weight excluding hydrogens is 240 g/mol. The predicted octanol–water partition coefficient (Wildman–Crippen LogP) is 2.71. The van der Waals surface area contributed by atoms with Gasteiger partial charge >= 0.3 is 0 Å². The maximum absolute atomic E-state index is 14.1. The lowest BCUT2D eigenvalue weighted by molar-refractivity contribution is 0.314. The first-order chi connectivity index (χ1) is 8.53. The normalized spacial score (nSPS) is 17.8. The number of rotatable bonds is 3. The number of methoxy groups -OCH3 is 2. The summed E-state index contributed by atoms with van der Waals surface area (Å²) in [6.45, 7) is 0. The Labute approximate surface area is 105 Å². The van der Waals surface area contributed by atoms with Crippen LogP contribution in [0.3, 0.4) is 0 Å². The zero-order valence-electron chi connectivity index (χ0n) is 10.6. The summed E-state index contributed by atoms with van der Waals surface area (Å²) in [5, 5.41) is 0. The lowest BCUT2D eigenvalue weighted by Crippen LogP contribution is -2.35. The van der Waals surface area contributed by atoms with Gasteiger partial charge in [-0.25, -0.2) is 8.78 Å². The Bertz CT molecular complexity index is 457. The standard InChI is InChI=1S/C13H17F2NO2/c1-17-11-9(15)7-8(14)10(12(11)18-2)13(16)5-3-4-6-13/h7H,3-6,16H2,1-2H3. The van der Waals surface area contributed by atoms with Crippen LogP contribution in [-0.4, -0.2) is 14.2 Å². The highest BCUT2D eigenvalue weighted by Crippen LogP contribution is 2.46. The lowest BCUT2D eigenvalue weighted by atomic mass is 9.87. The van der Waals surface area contributed by atoms with Gasteiger partial charge in [0, 0.05) is 11.6 Å². The number of halogens is 2. The van der Waals surface area contributed by atoms with E-state index in [0.717, 1.165) is 18.9 Å². The van der Waals surface area contributed by atoms with E-state index in [-0.39, 0.29) is 17.1 Å². The molecule has 18 heavy (non-hydrogen) atoms. The van der Waals surface area contributed by atoms with Crippen LogP contribution in [0.15, 0.2) is 6.07 Å². The van der Waals surface area contributed by atoms with E-state index in [1.807, 2.05) is 0 Å². The Kier molecular flexibility index (Phi) is 3.43. The zero-order valence-corrected chi connectivity index (χ0v) is 10.6. The molecule has 0 aliphatic heterocycles. The smallest absolute Gasteiger partial charge is 0.197 e. The van der Waals surface area contributed by atoms with Crippen LogP contribution in [-0.2, 0) is 5.54 Å². The molecule has 1 saturated carbocycles. The summed E-state index contributed by atoms with van der Waals surface area (Å²) in [4.78, 5) is 0. The van der Waals surface area contributed by atoms with Gasteiger partial charge in [-0.15, -0.1) is 0 Å². The van der Waals surface area contributed by atoms with Crippen molar-refractivity contribution < 1.29 is 18.3 Å². The molecule has 1 fully saturated rings. The van der Waals surface area contributed by atoms with Crippen LogP contribution in [0.5, 0.6) is 11.5 Å². The minimum atomic E-state index is -0.795. The molecule has 0 amide bonds. The first-order valence-corrected chi connectivity index (χ1v) is 5.93. The van der Waals surface area contributed by atoms with Crippen LogP contribution < -0.4 is 15.2 Å². The summed E-state index contributed by atoms with van der Waals surface area (Å²) in [6.07, 6.45) is 3.18. The molecule has 0 saturated heterocycles. The van der Waals surface area contributed by atoms with Gasteiger partial charge in [-0.05, 0) is 12.8 Å². The van der Waals surface area contributed by atoms with Crippen LogP contribution in [0.1, 0.15) is 31.2 Å². The van der Waals surface area contributed by atoms with Crippen LogP contribution in [0.4, 0.5) is 8.78 Å². The van der Waals surface area contributed by atoms with E-state index in [2.05, 4.69) is 0 Å². The van der Waals surface area contributed by atoms with Gasteiger partial charge in [0.15, 0.2) is 17.3 Å². The molecule has 0 spiro atoms. The second-order valence-electron chi connectivity index (χ2n) is 4.64. The minimum absolute atomic E-state index is 0.0689. The first kappa shape index (κ1) is 13.1. The highest BCUT2D eigenvalue weighted by atomic mass is 19.1. The minimum Gasteiger partial charge on any atom is -0.492 e. The molecule has 1 aliphatic rings. The SMILES string of the molecule is COc1c(F)cc(F)c(C2(N)CCCC2)c1OC. The van der Waals surface area contributed by atoms with E-state index < -0.39 is 17.2 Å².